The Labute approximate surface area is 100 Å². The lowest BCUT2D eigenvalue weighted by Crippen LogP contribution is -2.17. The maximum atomic E-state index is 12.3. The van der Waals surface area contributed by atoms with Crippen LogP contribution in [0, 0.1) is 0 Å². The summed E-state index contributed by atoms with van der Waals surface area (Å²) in [6.45, 7) is 0.909. The van der Waals surface area contributed by atoms with Crippen LogP contribution in [-0.2, 0) is 4.79 Å². The van der Waals surface area contributed by atoms with Gasteiger partial charge in [-0.1, -0.05) is 0 Å². The van der Waals surface area contributed by atoms with Crippen LogP contribution in [0.15, 0.2) is 40.9 Å². The summed E-state index contributed by atoms with van der Waals surface area (Å²) in [5.41, 5.74) is -0.627. The van der Waals surface area contributed by atoms with Crippen molar-refractivity contribution in [2.45, 2.75) is 13.1 Å². The molecule has 1 aromatic rings. The number of Topliss-reactive ketones (excluding diaryl/α,β-unsaturated/α-hetero) is 1. The molecular weight excluding hydrogens is 249 g/mol. The van der Waals surface area contributed by atoms with E-state index in [0.29, 0.717) is 6.21 Å². The highest BCUT2D eigenvalue weighted by Crippen LogP contribution is 2.26. The Hall–Kier alpha value is -2.18. The van der Waals surface area contributed by atoms with Crippen molar-refractivity contribution < 1.29 is 23.1 Å². The van der Waals surface area contributed by atoms with Gasteiger partial charge in [-0.2, -0.15) is 13.2 Å². The fourth-order valence-corrected chi connectivity index (χ4v) is 1.04. The van der Waals surface area contributed by atoms with Gasteiger partial charge < -0.3 is 5.11 Å². The summed E-state index contributed by atoms with van der Waals surface area (Å²) in [6.07, 6.45) is -1.54. The van der Waals surface area contributed by atoms with Crippen molar-refractivity contribution in [3.8, 4) is 0 Å². The number of hydrogen-bond acceptors (Lipinski definition) is 4. The van der Waals surface area contributed by atoms with Crippen molar-refractivity contribution >= 4 is 17.7 Å². The second kappa shape index (κ2) is 5.44. The van der Waals surface area contributed by atoms with E-state index in [2.05, 4.69) is 9.98 Å². The average Bonchev–Trinajstić information content (AvgIpc) is 2.28. The van der Waals surface area contributed by atoms with Crippen LogP contribution in [0.25, 0.3) is 0 Å². The minimum Gasteiger partial charge on any atom is -0.504 e. The van der Waals surface area contributed by atoms with Gasteiger partial charge in [0.25, 0.3) is 0 Å². The maximum absolute atomic E-state index is 12.3. The van der Waals surface area contributed by atoms with Gasteiger partial charge in [0.15, 0.2) is 5.78 Å². The van der Waals surface area contributed by atoms with E-state index in [1.165, 1.54) is 24.5 Å². The monoisotopic (exact) mass is 258 g/mol. The molecule has 0 spiro atoms. The average molecular weight is 258 g/mol. The Kier molecular flexibility index (Phi) is 4.19. The standard InChI is InChI=1S/C11H9F3N2O2/c1-7(17)9(10(18)11(12,13)14)6-16-8-3-2-4-15-5-8/h2-6,18H,1H3. The van der Waals surface area contributed by atoms with Crippen LogP contribution in [0.3, 0.4) is 0 Å². The lowest BCUT2D eigenvalue weighted by Gasteiger charge is -2.07. The first-order valence-electron chi connectivity index (χ1n) is 4.78. The third-order valence-corrected chi connectivity index (χ3v) is 1.89. The molecule has 0 radical (unpaired) electrons. The number of alkyl halides is 3. The first-order chi connectivity index (χ1) is 8.32. The van der Waals surface area contributed by atoms with Crippen LogP contribution >= 0.6 is 0 Å². The molecule has 0 aromatic carbocycles. The second-order valence-electron chi connectivity index (χ2n) is 3.29. The molecule has 0 saturated carbocycles. The Morgan fingerprint density at radius 2 is 2.17 bits per heavy atom. The van der Waals surface area contributed by atoms with Gasteiger partial charge >= 0.3 is 6.18 Å². The molecule has 96 valence electrons. The fourth-order valence-electron chi connectivity index (χ4n) is 1.04. The van der Waals surface area contributed by atoms with E-state index in [1.54, 1.807) is 0 Å². The summed E-state index contributed by atoms with van der Waals surface area (Å²) in [4.78, 5) is 18.4. The van der Waals surface area contributed by atoms with Gasteiger partial charge in [-0.15, -0.1) is 0 Å². The van der Waals surface area contributed by atoms with Crippen LogP contribution in [0.4, 0.5) is 18.9 Å². The molecule has 4 nitrogen and oxygen atoms in total. The molecule has 1 rings (SSSR count). The molecular formula is C11H9F3N2O2. The van der Waals surface area contributed by atoms with E-state index in [-0.39, 0.29) is 5.69 Å². The van der Waals surface area contributed by atoms with E-state index < -0.39 is 23.3 Å². The zero-order chi connectivity index (χ0) is 13.8. The van der Waals surface area contributed by atoms with Crippen molar-refractivity contribution in [3.63, 3.8) is 0 Å². The van der Waals surface area contributed by atoms with E-state index in [4.69, 9.17) is 5.11 Å². The summed E-state index contributed by atoms with van der Waals surface area (Å²) >= 11 is 0. The number of aliphatic imine (C=N–C) groups is 1. The molecule has 1 aromatic heterocycles. The van der Waals surface area contributed by atoms with Gasteiger partial charge in [0.1, 0.15) is 0 Å². The van der Waals surface area contributed by atoms with Crippen LogP contribution in [0.1, 0.15) is 6.92 Å². The molecule has 0 aliphatic heterocycles. The minimum atomic E-state index is -4.98. The van der Waals surface area contributed by atoms with Gasteiger partial charge in [-0.25, -0.2) is 0 Å². The number of nitrogens with zero attached hydrogens (tertiary/aromatic N) is 2. The minimum absolute atomic E-state index is 0.270. The molecule has 0 aliphatic rings. The predicted molar refractivity (Wildman–Crippen MR) is 58.8 cm³/mol. The fraction of sp³-hybridized carbons (Fsp3) is 0.182. The van der Waals surface area contributed by atoms with Crippen molar-refractivity contribution in [1.82, 2.24) is 4.98 Å². The number of pyridine rings is 1. The smallest absolute Gasteiger partial charge is 0.449 e. The number of carbonyl (C=O) groups excluding carboxylic acids is 1. The van der Waals surface area contributed by atoms with Gasteiger partial charge in [0, 0.05) is 12.4 Å². The van der Waals surface area contributed by atoms with Crippen molar-refractivity contribution in [1.29, 1.82) is 0 Å². The Morgan fingerprint density at radius 1 is 1.50 bits per heavy atom. The van der Waals surface area contributed by atoms with Crippen LogP contribution in [0.2, 0.25) is 0 Å². The van der Waals surface area contributed by atoms with Crippen molar-refractivity contribution in [3.05, 3.63) is 35.9 Å². The zero-order valence-electron chi connectivity index (χ0n) is 9.27. The lowest BCUT2D eigenvalue weighted by molar-refractivity contribution is -0.125. The van der Waals surface area contributed by atoms with Crippen molar-refractivity contribution in [2.24, 2.45) is 4.99 Å². The van der Waals surface area contributed by atoms with Gasteiger partial charge in [0.2, 0.25) is 5.76 Å². The van der Waals surface area contributed by atoms with E-state index >= 15 is 0 Å². The molecule has 0 amide bonds. The van der Waals surface area contributed by atoms with Gasteiger partial charge in [-0.3, -0.25) is 14.8 Å². The number of aromatic nitrogens is 1. The highest BCUT2D eigenvalue weighted by Gasteiger charge is 2.37. The van der Waals surface area contributed by atoms with Gasteiger partial charge in [0.05, 0.1) is 17.5 Å². The first kappa shape index (κ1) is 13.9. The third-order valence-electron chi connectivity index (χ3n) is 1.89. The van der Waals surface area contributed by atoms with Crippen LogP contribution < -0.4 is 0 Å². The maximum Gasteiger partial charge on any atom is 0.449 e. The van der Waals surface area contributed by atoms with Crippen molar-refractivity contribution in [2.75, 3.05) is 0 Å². The zero-order valence-corrected chi connectivity index (χ0v) is 9.27. The normalized spacial score (nSPS) is 13.6. The summed E-state index contributed by atoms with van der Waals surface area (Å²) in [5.74, 6) is -2.89. The topological polar surface area (TPSA) is 62.5 Å². The molecule has 18 heavy (non-hydrogen) atoms. The molecule has 1 N–H and O–H groups in total. The summed E-state index contributed by atoms with van der Waals surface area (Å²) in [7, 11) is 0. The molecule has 1 heterocycles. The molecule has 0 fully saturated rings. The molecule has 0 saturated heterocycles. The third kappa shape index (κ3) is 3.69. The highest BCUT2D eigenvalue weighted by atomic mass is 19.4. The number of carbonyl (C=O) groups is 1. The van der Waals surface area contributed by atoms with E-state index in [0.717, 1.165) is 6.92 Å². The Balaban J connectivity index is 3.10. The molecule has 0 unspecified atom stereocenters. The summed E-state index contributed by atoms with van der Waals surface area (Å²) in [6, 6.07) is 3.03. The second-order valence-corrected chi connectivity index (χ2v) is 3.29. The van der Waals surface area contributed by atoms with Gasteiger partial charge in [-0.05, 0) is 19.1 Å². The number of aliphatic hydroxyl groups excluding tert-OH is 1. The highest BCUT2D eigenvalue weighted by molar-refractivity contribution is 6.13. The number of allylic oxidation sites excluding steroid dienone is 2. The van der Waals surface area contributed by atoms with E-state index in [1.807, 2.05) is 0 Å². The number of ketones is 1. The number of rotatable bonds is 3. The number of aliphatic hydroxyl groups is 1. The van der Waals surface area contributed by atoms with Crippen LogP contribution in [0.5, 0.6) is 0 Å². The summed E-state index contributed by atoms with van der Waals surface area (Å²) < 4.78 is 36.8. The quantitative estimate of drug-likeness (QED) is 0.515. The molecule has 0 atom stereocenters. The number of hydrogen-bond donors (Lipinski definition) is 1. The number of halogens is 3. The Morgan fingerprint density at radius 3 is 2.61 bits per heavy atom. The SMILES string of the molecule is CC(=O)C(C=Nc1cccnc1)=C(O)C(F)(F)F. The summed E-state index contributed by atoms with van der Waals surface area (Å²) in [5, 5.41) is 8.92. The molecule has 0 aliphatic carbocycles. The lowest BCUT2D eigenvalue weighted by atomic mass is 10.1. The molecule has 7 heteroatoms. The molecule has 0 bridgehead atoms. The van der Waals surface area contributed by atoms with E-state index in [9.17, 15) is 18.0 Å². The largest absolute Gasteiger partial charge is 0.504 e. The van der Waals surface area contributed by atoms with Crippen LogP contribution in [-0.4, -0.2) is 28.3 Å². The Bertz CT molecular complexity index is 493. The predicted octanol–water partition coefficient (Wildman–Crippen LogP) is 2.75. The first-order valence-corrected chi connectivity index (χ1v) is 4.78.